The van der Waals surface area contributed by atoms with Crippen LogP contribution in [0.1, 0.15) is 32.6 Å². The zero-order valence-corrected chi connectivity index (χ0v) is 13.2. The average Bonchev–Trinajstić information content (AvgIpc) is 2.48. The summed E-state index contributed by atoms with van der Waals surface area (Å²) in [6.45, 7) is 3.80. The molecule has 0 bridgehead atoms. The lowest BCUT2D eigenvalue weighted by Gasteiger charge is -2.37. The molecule has 2 aliphatic heterocycles. The van der Waals surface area contributed by atoms with E-state index in [4.69, 9.17) is 9.84 Å². The average molecular weight is 320 g/mol. The minimum Gasteiger partial charge on any atom is -0.481 e. The van der Waals surface area contributed by atoms with Crippen molar-refractivity contribution in [2.45, 2.75) is 38.7 Å². The number of rotatable bonds is 5. The monoisotopic (exact) mass is 320 g/mol. The molecule has 2 unspecified atom stereocenters. The zero-order chi connectivity index (χ0) is 15.5. The van der Waals surface area contributed by atoms with Crippen molar-refractivity contribution in [2.75, 3.05) is 32.8 Å². The van der Waals surface area contributed by atoms with E-state index < -0.39 is 22.1 Å². The first-order valence-electron chi connectivity index (χ1n) is 7.54. The Morgan fingerprint density at radius 2 is 1.81 bits per heavy atom. The second-order valence-corrected chi connectivity index (χ2v) is 7.55. The van der Waals surface area contributed by atoms with Crippen molar-refractivity contribution in [2.24, 2.45) is 5.92 Å². The van der Waals surface area contributed by atoms with Gasteiger partial charge in [-0.3, -0.25) is 4.79 Å². The molecular formula is C13H24N2O5S. The lowest BCUT2D eigenvalue weighted by molar-refractivity contribution is -0.142. The van der Waals surface area contributed by atoms with E-state index in [1.807, 2.05) is 6.92 Å². The smallest absolute Gasteiger partial charge is 0.307 e. The molecule has 7 nitrogen and oxygen atoms in total. The maximum atomic E-state index is 12.7. The van der Waals surface area contributed by atoms with E-state index in [0.717, 1.165) is 12.8 Å². The number of piperidine rings is 2. The summed E-state index contributed by atoms with van der Waals surface area (Å²) in [4.78, 5) is 11.1. The largest absolute Gasteiger partial charge is 0.481 e. The van der Waals surface area contributed by atoms with Gasteiger partial charge in [0.25, 0.3) is 10.2 Å². The number of aliphatic carboxylic acids is 1. The zero-order valence-electron chi connectivity index (χ0n) is 12.4. The molecule has 2 rings (SSSR count). The highest BCUT2D eigenvalue weighted by atomic mass is 32.2. The minimum atomic E-state index is -3.58. The Morgan fingerprint density at radius 1 is 1.19 bits per heavy atom. The van der Waals surface area contributed by atoms with E-state index >= 15 is 0 Å². The van der Waals surface area contributed by atoms with Gasteiger partial charge in [0.1, 0.15) is 0 Å². The van der Waals surface area contributed by atoms with Crippen LogP contribution in [0.15, 0.2) is 0 Å². The normalized spacial score (nSPS) is 29.4. The summed E-state index contributed by atoms with van der Waals surface area (Å²) in [6, 6.07) is 0. The van der Waals surface area contributed by atoms with Crippen molar-refractivity contribution < 1.29 is 23.1 Å². The Morgan fingerprint density at radius 3 is 2.43 bits per heavy atom. The van der Waals surface area contributed by atoms with Gasteiger partial charge < -0.3 is 9.84 Å². The molecule has 2 aliphatic rings. The Bertz CT molecular complexity index is 465. The maximum absolute atomic E-state index is 12.7. The fourth-order valence-electron chi connectivity index (χ4n) is 3.00. The fourth-order valence-corrected chi connectivity index (χ4v) is 4.77. The van der Waals surface area contributed by atoms with E-state index in [1.165, 1.54) is 8.61 Å². The lowest BCUT2D eigenvalue weighted by atomic mass is 10.0. The van der Waals surface area contributed by atoms with Gasteiger partial charge in [-0.1, -0.05) is 0 Å². The molecule has 0 aromatic carbocycles. The standard InChI is InChI=1S/C13H24N2O5S/c1-2-20-12-6-4-8-15(10-12)21(18,19)14-7-3-5-11(9-14)13(16)17/h11-12H,2-10H2,1H3,(H,16,17). The molecule has 2 heterocycles. The van der Waals surface area contributed by atoms with Crippen LogP contribution >= 0.6 is 0 Å². The molecule has 2 atom stereocenters. The second kappa shape index (κ2) is 7.04. The van der Waals surface area contributed by atoms with Gasteiger partial charge in [-0.05, 0) is 32.6 Å². The van der Waals surface area contributed by atoms with Crippen molar-refractivity contribution in [1.29, 1.82) is 0 Å². The summed E-state index contributed by atoms with van der Waals surface area (Å²) in [5.74, 6) is -1.51. The number of hydrogen-bond donors (Lipinski definition) is 1. The van der Waals surface area contributed by atoms with Gasteiger partial charge in [-0.15, -0.1) is 0 Å². The van der Waals surface area contributed by atoms with Crippen molar-refractivity contribution in [3.8, 4) is 0 Å². The number of carboxylic acids is 1. The van der Waals surface area contributed by atoms with Gasteiger partial charge in [-0.2, -0.15) is 17.0 Å². The molecule has 8 heteroatoms. The summed E-state index contributed by atoms with van der Waals surface area (Å²) in [5, 5.41) is 9.09. The van der Waals surface area contributed by atoms with Crippen molar-refractivity contribution in [3.63, 3.8) is 0 Å². The van der Waals surface area contributed by atoms with Crippen molar-refractivity contribution in [1.82, 2.24) is 8.61 Å². The maximum Gasteiger partial charge on any atom is 0.307 e. The van der Waals surface area contributed by atoms with Crippen LogP contribution in [-0.4, -0.2) is 67.0 Å². The number of carboxylic acid groups (broad SMARTS) is 1. The van der Waals surface area contributed by atoms with E-state index in [-0.39, 0.29) is 12.6 Å². The molecule has 0 amide bonds. The molecule has 0 aromatic rings. The van der Waals surface area contributed by atoms with Crippen molar-refractivity contribution >= 4 is 16.2 Å². The van der Waals surface area contributed by atoms with Crippen LogP contribution in [0.3, 0.4) is 0 Å². The van der Waals surface area contributed by atoms with E-state index in [9.17, 15) is 13.2 Å². The highest BCUT2D eigenvalue weighted by Gasteiger charge is 2.37. The van der Waals surface area contributed by atoms with Crippen LogP contribution < -0.4 is 0 Å². The number of ether oxygens (including phenoxy) is 1. The van der Waals surface area contributed by atoms with Crippen molar-refractivity contribution in [3.05, 3.63) is 0 Å². The first kappa shape index (κ1) is 16.7. The summed E-state index contributed by atoms with van der Waals surface area (Å²) in [7, 11) is -3.58. The third-order valence-electron chi connectivity index (χ3n) is 4.13. The quantitative estimate of drug-likeness (QED) is 0.798. The molecule has 0 radical (unpaired) electrons. The first-order chi connectivity index (χ1) is 9.95. The Hall–Kier alpha value is -0.700. The van der Waals surface area contributed by atoms with Gasteiger partial charge in [-0.25, -0.2) is 0 Å². The number of carbonyl (C=O) groups is 1. The predicted octanol–water partition coefficient (Wildman–Crippen LogP) is 0.529. The molecular weight excluding hydrogens is 296 g/mol. The Balaban J connectivity index is 2.04. The van der Waals surface area contributed by atoms with E-state index in [1.54, 1.807) is 0 Å². The van der Waals surface area contributed by atoms with Crippen LogP contribution in [0.25, 0.3) is 0 Å². The minimum absolute atomic E-state index is 0.0569. The van der Waals surface area contributed by atoms with Crippen LogP contribution in [0, 0.1) is 5.92 Å². The van der Waals surface area contributed by atoms with Crippen LogP contribution in [0.2, 0.25) is 0 Å². The number of hydrogen-bond acceptors (Lipinski definition) is 4. The molecule has 0 spiro atoms. The number of nitrogens with zero attached hydrogens (tertiary/aromatic N) is 2. The molecule has 0 aromatic heterocycles. The van der Waals surface area contributed by atoms with Gasteiger partial charge in [0.15, 0.2) is 0 Å². The van der Waals surface area contributed by atoms with Crippen LogP contribution in [-0.2, 0) is 19.7 Å². The molecule has 0 saturated carbocycles. The third-order valence-corrected chi connectivity index (χ3v) is 6.10. The topological polar surface area (TPSA) is 87.2 Å². The van der Waals surface area contributed by atoms with Gasteiger partial charge in [0.2, 0.25) is 0 Å². The highest BCUT2D eigenvalue weighted by Crippen LogP contribution is 2.24. The molecule has 2 saturated heterocycles. The van der Waals surface area contributed by atoms with Gasteiger partial charge in [0, 0.05) is 32.8 Å². The molecule has 0 aliphatic carbocycles. The highest BCUT2D eigenvalue weighted by molar-refractivity contribution is 7.86. The first-order valence-corrected chi connectivity index (χ1v) is 8.94. The third kappa shape index (κ3) is 3.94. The predicted molar refractivity (Wildman–Crippen MR) is 77.1 cm³/mol. The van der Waals surface area contributed by atoms with Gasteiger partial charge >= 0.3 is 5.97 Å². The van der Waals surface area contributed by atoms with Gasteiger partial charge in [0.05, 0.1) is 12.0 Å². The summed E-state index contributed by atoms with van der Waals surface area (Å²) in [6.07, 6.45) is 2.73. The molecule has 122 valence electrons. The van der Waals surface area contributed by atoms with Crippen LogP contribution in [0.4, 0.5) is 0 Å². The van der Waals surface area contributed by atoms with Crippen LogP contribution in [0.5, 0.6) is 0 Å². The summed E-state index contributed by atoms with van der Waals surface area (Å²) < 4.78 is 33.6. The Labute approximate surface area is 126 Å². The second-order valence-electron chi connectivity index (χ2n) is 5.62. The Kier molecular flexibility index (Phi) is 5.59. The fraction of sp³-hybridized carbons (Fsp3) is 0.923. The lowest BCUT2D eigenvalue weighted by Crippen LogP contribution is -2.52. The SMILES string of the molecule is CCOC1CCCN(S(=O)(=O)N2CCCC(C(=O)O)C2)C1. The molecule has 2 fully saturated rings. The summed E-state index contributed by atoms with van der Waals surface area (Å²) in [5.41, 5.74) is 0. The summed E-state index contributed by atoms with van der Waals surface area (Å²) >= 11 is 0. The van der Waals surface area contributed by atoms with E-state index in [0.29, 0.717) is 39.1 Å². The molecule has 1 N–H and O–H groups in total. The molecule has 21 heavy (non-hydrogen) atoms. The van der Waals surface area contributed by atoms with E-state index in [2.05, 4.69) is 0 Å².